The van der Waals surface area contributed by atoms with Crippen molar-refractivity contribution in [1.82, 2.24) is 9.36 Å². The van der Waals surface area contributed by atoms with Gasteiger partial charge in [0, 0.05) is 5.41 Å². The van der Waals surface area contributed by atoms with E-state index in [4.69, 9.17) is 0 Å². The zero-order valence-electron chi connectivity index (χ0n) is 15.3. The second kappa shape index (κ2) is 7.04. The van der Waals surface area contributed by atoms with Crippen molar-refractivity contribution in [1.29, 1.82) is 0 Å². The molecule has 1 heterocycles. The monoisotopic (exact) mass is 349 g/mol. The van der Waals surface area contributed by atoms with Gasteiger partial charge in [0.25, 0.3) is 5.56 Å². The first kappa shape index (κ1) is 17.7. The fourth-order valence-electron chi connectivity index (χ4n) is 3.17. The number of para-hydroxylation sites is 1. The standard InChI is InChI=1S/C21H23N3O2/c1-21(2,3)19-18(22-15-25)20(26)23(14-16-10-6-4-7-11-16)24(19)17-12-8-5-9-13-17/h4-13,15H,14H2,1-3H3,(H,22,25). The molecule has 0 atom stereocenters. The van der Waals surface area contributed by atoms with Gasteiger partial charge in [0.1, 0.15) is 5.69 Å². The van der Waals surface area contributed by atoms with Crippen LogP contribution in [-0.2, 0) is 16.8 Å². The molecule has 0 aliphatic heterocycles. The number of hydrogen-bond acceptors (Lipinski definition) is 2. The molecule has 0 radical (unpaired) electrons. The van der Waals surface area contributed by atoms with E-state index in [1.54, 1.807) is 4.68 Å². The summed E-state index contributed by atoms with van der Waals surface area (Å²) in [4.78, 5) is 24.3. The topological polar surface area (TPSA) is 56.0 Å². The molecule has 0 unspecified atom stereocenters. The number of amides is 1. The summed E-state index contributed by atoms with van der Waals surface area (Å²) in [5.74, 6) is 0. The van der Waals surface area contributed by atoms with E-state index in [9.17, 15) is 9.59 Å². The van der Waals surface area contributed by atoms with Crippen LogP contribution >= 0.6 is 0 Å². The number of aromatic nitrogens is 2. The highest BCUT2D eigenvalue weighted by Crippen LogP contribution is 2.30. The van der Waals surface area contributed by atoms with Gasteiger partial charge in [-0.25, -0.2) is 4.68 Å². The molecule has 3 aromatic rings. The Hall–Kier alpha value is -3.08. The molecule has 1 aromatic heterocycles. The second-order valence-electron chi connectivity index (χ2n) is 7.23. The van der Waals surface area contributed by atoms with Crippen molar-refractivity contribution < 1.29 is 4.79 Å². The highest BCUT2D eigenvalue weighted by molar-refractivity contribution is 5.73. The van der Waals surface area contributed by atoms with Gasteiger partial charge in [0.05, 0.1) is 17.9 Å². The Morgan fingerprint density at radius 3 is 2.08 bits per heavy atom. The summed E-state index contributed by atoms with van der Waals surface area (Å²) in [6, 6.07) is 19.5. The van der Waals surface area contributed by atoms with Crippen molar-refractivity contribution >= 4 is 12.1 Å². The molecule has 1 N–H and O–H groups in total. The van der Waals surface area contributed by atoms with Crippen LogP contribution in [0.5, 0.6) is 0 Å². The van der Waals surface area contributed by atoms with E-state index in [-0.39, 0.29) is 11.0 Å². The van der Waals surface area contributed by atoms with Crippen molar-refractivity contribution in [3.63, 3.8) is 0 Å². The molecule has 0 fully saturated rings. The Balaban J connectivity index is 2.31. The molecule has 0 aliphatic carbocycles. The molecule has 5 heteroatoms. The summed E-state index contributed by atoms with van der Waals surface area (Å²) >= 11 is 0. The van der Waals surface area contributed by atoms with E-state index in [0.29, 0.717) is 18.6 Å². The molecule has 5 nitrogen and oxygen atoms in total. The number of carbonyl (C=O) groups excluding carboxylic acids is 1. The fraction of sp³-hybridized carbons (Fsp3) is 0.238. The van der Waals surface area contributed by atoms with Gasteiger partial charge in [0.15, 0.2) is 0 Å². The molecule has 0 saturated carbocycles. The predicted octanol–water partition coefficient (Wildman–Crippen LogP) is 3.55. The van der Waals surface area contributed by atoms with E-state index in [1.807, 2.05) is 86.1 Å². The van der Waals surface area contributed by atoms with Gasteiger partial charge in [-0.1, -0.05) is 69.3 Å². The van der Waals surface area contributed by atoms with Crippen LogP contribution in [0, 0.1) is 0 Å². The van der Waals surface area contributed by atoms with Crippen LogP contribution in [0.15, 0.2) is 65.5 Å². The van der Waals surface area contributed by atoms with Crippen LogP contribution in [0.4, 0.5) is 5.69 Å². The highest BCUT2D eigenvalue weighted by Gasteiger charge is 2.29. The Bertz CT molecular complexity index is 949. The lowest BCUT2D eigenvalue weighted by Gasteiger charge is -2.24. The van der Waals surface area contributed by atoms with Crippen molar-refractivity contribution in [3.05, 3.63) is 82.3 Å². The lowest BCUT2D eigenvalue weighted by Crippen LogP contribution is -2.25. The van der Waals surface area contributed by atoms with Gasteiger partial charge in [-0.05, 0) is 17.7 Å². The number of carbonyl (C=O) groups is 1. The van der Waals surface area contributed by atoms with Crippen molar-refractivity contribution in [2.24, 2.45) is 0 Å². The first-order valence-corrected chi connectivity index (χ1v) is 8.59. The predicted molar refractivity (Wildman–Crippen MR) is 104 cm³/mol. The number of hydrogen-bond donors (Lipinski definition) is 1. The first-order valence-electron chi connectivity index (χ1n) is 8.59. The van der Waals surface area contributed by atoms with Crippen LogP contribution in [0.1, 0.15) is 32.0 Å². The Labute approximate surface area is 152 Å². The number of nitrogens with one attached hydrogen (secondary N) is 1. The summed E-state index contributed by atoms with van der Waals surface area (Å²) in [5, 5.41) is 2.63. The third kappa shape index (κ3) is 3.33. The second-order valence-corrected chi connectivity index (χ2v) is 7.23. The van der Waals surface area contributed by atoms with Crippen LogP contribution in [-0.4, -0.2) is 15.8 Å². The van der Waals surface area contributed by atoms with Crippen molar-refractivity contribution in [2.75, 3.05) is 5.32 Å². The number of benzene rings is 2. The Morgan fingerprint density at radius 2 is 1.54 bits per heavy atom. The summed E-state index contributed by atoms with van der Waals surface area (Å²) in [6.07, 6.45) is 0.564. The maximum atomic E-state index is 13.1. The molecule has 2 aromatic carbocycles. The molecule has 26 heavy (non-hydrogen) atoms. The fourth-order valence-corrected chi connectivity index (χ4v) is 3.17. The minimum atomic E-state index is -0.345. The van der Waals surface area contributed by atoms with Crippen LogP contribution in [0.3, 0.4) is 0 Å². The molecule has 1 amide bonds. The summed E-state index contributed by atoms with van der Waals surface area (Å²) in [6.45, 7) is 6.51. The molecule has 0 aliphatic rings. The highest BCUT2D eigenvalue weighted by atomic mass is 16.1. The first-order chi connectivity index (χ1) is 12.4. The SMILES string of the molecule is CC(C)(C)c1c(NC=O)c(=O)n(Cc2ccccc2)n1-c1ccccc1. The molecule has 0 bridgehead atoms. The van der Waals surface area contributed by atoms with Crippen molar-refractivity contribution in [3.8, 4) is 5.69 Å². The van der Waals surface area contributed by atoms with Gasteiger partial charge in [0.2, 0.25) is 6.41 Å². The molecule has 0 spiro atoms. The van der Waals surface area contributed by atoms with E-state index in [1.165, 1.54) is 0 Å². The summed E-state index contributed by atoms with van der Waals surface area (Å²) in [7, 11) is 0. The van der Waals surface area contributed by atoms with Crippen LogP contribution < -0.4 is 10.9 Å². The lowest BCUT2D eigenvalue weighted by atomic mass is 9.91. The summed E-state index contributed by atoms with van der Waals surface area (Å²) in [5.41, 5.74) is 2.44. The molecule has 3 rings (SSSR count). The smallest absolute Gasteiger partial charge is 0.291 e. The molecule has 0 saturated heterocycles. The minimum Gasteiger partial charge on any atom is -0.323 e. The maximum absolute atomic E-state index is 13.1. The quantitative estimate of drug-likeness (QED) is 0.716. The number of anilines is 1. The minimum absolute atomic E-state index is 0.213. The van der Waals surface area contributed by atoms with E-state index < -0.39 is 0 Å². The van der Waals surface area contributed by atoms with Gasteiger partial charge >= 0.3 is 0 Å². The van der Waals surface area contributed by atoms with E-state index >= 15 is 0 Å². The summed E-state index contributed by atoms with van der Waals surface area (Å²) < 4.78 is 3.60. The third-order valence-electron chi connectivity index (χ3n) is 4.23. The van der Waals surface area contributed by atoms with E-state index in [2.05, 4.69) is 5.32 Å². The zero-order chi connectivity index (χ0) is 18.7. The molecular weight excluding hydrogens is 326 g/mol. The van der Waals surface area contributed by atoms with E-state index in [0.717, 1.165) is 16.9 Å². The molecular formula is C21H23N3O2. The van der Waals surface area contributed by atoms with Gasteiger partial charge in [-0.15, -0.1) is 0 Å². The Kier molecular flexibility index (Phi) is 4.80. The largest absolute Gasteiger partial charge is 0.323 e. The normalized spacial score (nSPS) is 11.3. The average Bonchev–Trinajstić information content (AvgIpc) is 2.90. The zero-order valence-corrected chi connectivity index (χ0v) is 15.3. The van der Waals surface area contributed by atoms with Crippen molar-refractivity contribution in [2.45, 2.75) is 32.7 Å². The van der Waals surface area contributed by atoms with Crippen LogP contribution in [0.2, 0.25) is 0 Å². The average molecular weight is 349 g/mol. The number of rotatable bonds is 5. The Morgan fingerprint density at radius 1 is 0.962 bits per heavy atom. The third-order valence-corrected chi connectivity index (χ3v) is 4.23. The van der Waals surface area contributed by atoms with Gasteiger partial charge < -0.3 is 5.32 Å². The van der Waals surface area contributed by atoms with Crippen LogP contribution in [0.25, 0.3) is 5.69 Å². The lowest BCUT2D eigenvalue weighted by molar-refractivity contribution is -0.105. The van der Waals surface area contributed by atoms with Gasteiger partial charge in [-0.3, -0.25) is 14.3 Å². The van der Waals surface area contributed by atoms with Gasteiger partial charge in [-0.2, -0.15) is 0 Å². The maximum Gasteiger partial charge on any atom is 0.291 e. The molecule has 134 valence electrons. The number of nitrogens with zero attached hydrogens (tertiary/aromatic N) is 2.